The number of aromatic nitrogens is 3. The van der Waals surface area contributed by atoms with Crippen molar-refractivity contribution < 1.29 is 14.3 Å². The number of nitrogens with two attached hydrogens (primary N) is 1. The number of nitrogen functional groups attached to an aromatic ring is 1. The Morgan fingerprint density at radius 2 is 1.94 bits per heavy atom. The molecular formula is C19H19Cl2N7O3S. The molecule has 0 spiro atoms. The Labute approximate surface area is 198 Å². The summed E-state index contributed by atoms with van der Waals surface area (Å²) in [6.45, 7) is 0. The van der Waals surface area contributed by atoms with Gasteiger partial charge in [0.1, 0.15) is 11.5 Å². The molecule has 0 saturated carbocycles. The van der Waals surface area contributed by atoms with E-state index in [0.717, 1.165) is 11.8 Å². The van der Waals surface area contributed by atoms with Crippen molar-refractivity contribution in [2.75, 3.05) is 36.6 Å². The van der Waals surface area contributed by atoms with Crippen LogP contribution < -0.4 is 26.1 Å². The molecule has 3 rings (SSSR count). The first-order valence-electron chi connectivity index (χ1n) is 9.00. The number of benzene rings is 2. The van der Waals surface area contributed by atoms with Crippen molar-refractivity contribution in [2.45, 2.75) is 5.16 Å². The highest BCUT2D eigenvalue weighted by Crippen LogP contribution is 2.26. The highest BCUT2D eigenvalue weighted by molar-refractivity contribution is 7.99. The maximum atomic E-state index is 12.3. The number of nitrogens with one attached hydrogen (secondary N) is 2. The predicted octanol–water partition coefficient (Wildman–Crippen LogP) is 3.49. The topological polar surface area (TPSA) is 129 Å². The van der Waals surface area contributed by atoms with E-state index in [1.165, 1.54) is 25.1 Å². The van der Waals surface area contributed by atoms with Crippen molar-refractivity contribution in [3.63, 3.8) is 0 Å². The van der Waals surface area contributed by atoms with Crippen LogP contribution in [-0.2, 0) is 4.79 Å². The third-order valence-corrected chi connectivity index (χ3v) is 5.76. The fourth-order valence-corrected chi connectivity index (χ4v) is 3.45. The minimum Gasteiger partial charge on any atom is -0.497 e. The Bertz CT molecular complexity index is 1120. The maximum absolute atomic E-state index is 12.3. The number of carbonyl (C=O) groups excluding carboxylic acids is 1. The van der Waals surface area contributed by atoms with Gasteiger partial charge in [-0.25, -0.2) is 10.1 Å². The average Bonchev–Trinajstić information content (AvgIpc) is 3.14. The Hall–Kier alpha value is -3.15. The Morgan fingerprint density at radius 3 is 2.62 bits per heavy atom. The van der Waals surface area contributed by atoms with Gasteiger partial charge in [0.25, 0.3) is 5.95 Å². The molecule has 4 N–H and O–H groups in total. The van der Waals surface area contributed by atoms with Gasteiger partial charge in [0, 0.05) is 29.4 Å². The van der Waals surface area contributed by atoms with Crippen LogP contribution >= 0.6 is 35.0 Å². The highest BCUT2D eigenvalue weighted by atomic mass is 35.5. The van der Waals surface area contributed by atoms with Crippen LogP contribution in [0.4, 0.5) is 11.6 Å². The first-order chi connectivity index (χ1) is 15.4. The summed E-state index contributed by atoms with van der Waals surface area (Å²) in [5.74, 6) is 7.06. The zero-order valence-corrected chi connectivity index (χ0v) is 19.3. The first kappa shape index (κ1) is 23.5. The molecule has 0 atom stereocenters. The quantitative estimate of drug-likeness (QED) is 0.178. The van der Waals surface area contributed by atoms with Crippen molar-refractivity contribution in [1.29, 1.82) is 0 Å². The largest absolute Gasteiger partial charge is 0.497 e. The predicted molar refractivity (Wildman–Crippen MR) is 127 cm³/mol. The molecule has 3 aromatic rings. The lowest BCUT2D eigenvalue weighted by Gasteiger charge is -2.09. The molecule has 0 aliphatic heterocycles. The number of amides is 1. The van der Waals surface area contributed by atoms with Crippen LogP contribution in [0.15, 0.2) is 46.7 Å². The summed E-state index contributed by atoms with van der Waals surface area (Å²) < 4.78 is 11.6. The molecule has 1 aromatic heterocycles. The van der Waals surface area contributed by atoms with Gasteiger partial charge in [0.05, 0.1) is 36.2 Å². The van der Waals surface area contributed by atoms with Gasteiger partial charge in [-0.2, -0.15) is 5.10 Å². The van der Waals surface area contributed by atoms with Crippen LogP contribution in [0.5, 0.6) is 11.5 Å². The number of hydrogen-bond donors (Lipinski definition) is 3. The molecule has 0 saturated heterocycles. The van der Waals surface area contributed by atoms with Crippen molar-refractivity contribution in [1.82, 2.24) is 14.9 Å². The van der Waals surface area contributed by atoms with Gasteiger partial charge in [0.15, 0.2) is 0 Å². The molecule has 0 radical (unpaired) electrons. The summed E-state index contributed by atoms with van der Waals surface area (Å²) >= 11 is 13.2. The van der Waals surface area contributed by atoms with Gasteiger partial charge < -0.3 is 20.6 Å². The summed E-state index contributed by atoms with van der Waals surface area (Å²) in [6.07, 6.45) is 1.48. The van der Waals surface area contributed by atoms with Gasteiger partial charge in [-0.3, -0.25) is 4.79 Å². The zero-order chi connectivity index (χ0) is 23.1. The highest BCUT2D eigenvalue weighted by Gasteiger charge is 2.13. The number of hydrazone groups is 1. The summed E-state index contributed by atoms with van der Waals surface area (Å²) in [5, 5.41) is 15.8. The monoisotopic (exact) mass is 495 g/mol. The minimum absolute atomic E-state index is 0.0518. The zero-order valence-electron chi connectivity index (χ0n) is 17.0. The van der Waals surface area contributed by atoms with Gasteiger partial charge in [-0.05, 0) is 6.07 Å². The smallest absolute Gasteiger partial charge is 0.264 e. The minimum atomic E-state index is -0.267. The third kappa shape index (κ3) is 5.96. The van der Waals surface area contributed by atoms with E-state index in [9.17, 15) is 4.79 Å². The molecule has 13 heteroatoms. The van der Waals surface area contributed by atoms with Crippen LogP contribution in [0, 0.1) is 0 Å². The van der Waals surface area contributed by atoms with Gasteiger partial charge in [-0.15, -0.1) is 10.2 Å². The van der Waals surface area contributed by atoms with Crippen LogP contribution in [0.2, 0.25) is 10.0 Å². The lowest BCUT2D eigenvalue weighted by Crippen LogP contribution is -2.17. The molecule has 0 bridgehead atoms. The second kappa shape index (κ2) is 10.9. The van der Waals surface area contributed by atoms with E-state index in [1.54, 1.807) is 36.4 Å². The lowest BCUT2D eigenvalue weighted by atomic mass is 10.2. The number of hydrogen-bond acceptors (Lipinski definition) is 9. The van der Waals surface area contributed by atoms with Gasteiger partial charge >= 0.3 is 0 Å². The fourth-order valence-electron chi connectivity index (χ4n) is 2.44. The normalized spacial score (nSPS) is 10.9. The van der Waals surface area contributed by atoms with Crippen molar-refractivity contribution in [2.24, 2.45) is 5.10 Å². The SMILES string of the molecule is COc1cc(NC(=O)CSc2nnc(N/N=C/c3cccc(Cl)c3Cl)n2N)cc(OC)c1. The van der Waals surface area contributed by atoms with E-state index >= 15 is 0 Å². The van der Waals surface area contributed by atoms with E-state index < -0.39 is 0 Å². The average molecular weight is 496 g/mol. The van der Waals surface area contributed by atoms with E-state index in [-0.39, 0.29) is 17.6 Å². The second-order valence-corrected chi connectivity index (χ2v) is 7.86. The Morgan fingerprint density at radius 1 is 1.22 bits per heavy atom. The summed E-state index contributed by atoms with van der Waals surface area (Å²) in [5.41, 5.74) is 3.83. The molecule has 168 valence electrons. The van der Waals surface area contributed by atoms with Crippen LogP contribution in [0.3, 0.4) is 0 Å². The van der Waals surface area contributed by atoms with Crippen LogP contribution in [0.25, 0.3) is 0 Å². The van der Waals surface area contributed by atoms with E-state index in [0.29, 0.717) is 38.0 Å². The molecule has 1 amide bonds. The molecule has 1 heterocycles. The fraction of sp³-hybridized carbons (Fsp3) is 0.158. The summed E-state index contributed by atoms with van der Waals surface area (Å²) in [6, 6.07) is 10.3. The molecule has 2 aromatic carbocycles. The second-order valence-electron chi connectivity index (χ2n) is 6.13. The number of nitrogens with zero attached hydrogens (tertiary/aromatic N) is 4. The van der Waals surface area contributed by atoms with Crippen molar-refractivity contribution >= 4 is 58.7 Å². The first-order valence-corrected chi connectivity index (χ1v) is 10.7. The van der Waals surface area contributed by atoms with Crippen molar-refractivity contribution in [3.05, 3.63) is 52.0 Å². The van der Waals surface area contributed by atoms with E-state index in [1.807, 2.05) is 0 Å². The maximum Gasteiger partial charge on any atom is 0.264 e. The number of thioether (sulfide) groups is 1. The molecule has 0 aliphatic carbocycles. The third-order valence-electron chi connectivity index (χ3n) is 3.98. The van der Waals surface area contributed by atoms with Gasteiger partial charge in [-0.1, -0.05) is 47.1 Å². The van der Waals surface area contributed by atoms with Crippen LogP contribution in [-0.4, -0.2) is 47.0 Å². The molecule has 10 nitrogen and oxygen atoms in total. The number of halogens is 2. The van der Waals surface area contributed by atoms with Crippen LogP contribution in [0.1, 0.15) is 5.56 Å². The molecule has 0 unspecified atom stereocenters. The number of methoxy groups -OCH3 is 2. The number of anilines is 2. The summed E-state index contributed by atoms with van der Waals surface area (Å²) in [4.78, 5) is 12.3. The Balaban J connectivity index is 1.57. The van der Waals surface area contributed by atoms with Crippen molar-refractivity contribution in [3.8, 4) is 11.5 Å². The molecule has 0 aliphatic rings. The lowest BCUT2D eigenvalue weighted by molar-refractivity contribution is -0.113. The van der Waals surface area contributed by atoms with E-state index in [2.05, 4.69) is 26.0 Å². The summed E-state index contributed by atoms with van der Waals surface area (Å²) in [7, 11) is 3.06. The standard InChI is InChI=1S/C19H19Cl2N7O3S/c1-30-13-6-12(7-14(8-13)31-2)24-16(29)10-32-19-27-26-18(28(19)22)25-23-9-11-4-3-5-15(20)17(11)21/h3-9H,10,22H2,1-2H3,(H,24,29)(H,25,26)/b23-9+. The molecular weight excluding hydrogens is 477 g/mol. The number of ether oxygens (including phenoxy) is 2. The number of carbonyl (C=O) groups is 1. The Kier molecular flexibility index (Phi) is 8.03. The molecule has 32 heavy (non-hydrogen) atoms. The van der Waals surface area contributed by atoms with Gasteiger partial charge in [0.2, 0.25) is 11.1 Å². The molecule has 0 fully saturated rings. The van der Waals surface area contributed by atoms with E-state index in [4.69, 9.17) is 38.5 Å². The number of rotatable bonds is 9.